The summed E-state index contributed by atoms with van der Waals surface area (Å²) in [6, 6.07) is 17.0. The summed E-state index contributed by atoms with van der Waals surface area (Å²) in [6.07, 6.45) is 0. The Hall–Kier alpha value is -2.73. The van der Waals surface area contributed by atoms with Crippen LogP contribution < -0.4 is 10.6 Å². The van der Waals surface area contributed by atoms with E-state index in [1.54, 1.807) is 6.07 Å². The summed E-state index contributed by atoms with van der Waals surface area (Å²) in [7, 11) is 0. The van der Waals surface area contributed by atoms with Crippen molar-refractivity contribution < 1.29 is 4.79 Å². The molecule has 0 saturated heterocycles. The lowest BCUT2D eigenvalue weighted by Gasteiger charge is -2.10. The van der Waals surface area contributed by atoms with Crippen molar-refractivity contribution in [3.63, 3.8) is 0 Å². The maximum Gasteiger partial charge on any atom is 0.274 e. The number of rotatable bonds is 4. The van der Waals surface area contributed by atoms with E-state index in [0.717, 1.165) is 21.4 Å². The van der Waals surface area contributed by atoms with Crippen LogP contribution in [0.15, 0.2) is 59.1 Å². The summed E-state index contributed by atoms with van der Waals surface area (Å²) in [5.41, 5.74) is 3.61. The fraction of sp³-hybridized carbons (Fsp3) is 0.105. The van der Waals surface area contributed by atoms with E-state index in [-0.39, 0.29) is 5.91 Å². The first-order chi connectivity index (χ1) is 12.0. The van der Waals surface area contributed by atoms with Crippen LogP contribution in [0.4, 0.5) is 17.3 Å². The molecule has 3 rings (SSSR count). The molecule has 1 heterocycles. The van der Waals surface area contributed by atoms with Crippen LogP contribution in [0.1, 0.15) is 21.7 Å². The maximum atomic E-state index is 12.6. The van der Waals surface area contributed by atoms with Gasteiger partial charge in [0.05, 0.1) is 0 Å². The Morgan fingerprint density at radius 1 is 1.00 bits per heavy atom. The molecular formula is C19H17BrN4O. The van der Waals surface area contributed by atoms with Gasteiger partial charge in [0.2, 0.25) is 5.95 Å². The lowest BCUT2D eigenvalue weighted by molar-refractivity contribution is 0.102. The average Bonchev–Trinajstić information content (AvgIpc) is 2.57. The molecule has 2 N–H and O–H groups in total. The molecule has 0 radical (unpaired) electrons. The van der Waals surface area contributed by atoms with E-state index >= 15 is 0 Å². The molecule has 0 atom stereocenters. The normalized spacial score (nSPS) is 10.4. The summed E-state index contributed by atoms with van der Waals surface area (Å²) in [6.45, 7) is 3.77. The zero-order valence-electron chi connectivity index (χ0n) is 13.9. The van der Waals surface area contributed by atoms with E-state index < -0.39 is 0 Å². The number of nitrogens with zero attached hydrogens (tertiary/aromatic N) is 2. The summed E-state index contributed by atoms with van der Waals surface area (Å²) >= 11 is 3.42. The van der Waals surface area contributed by atoms with Crippen LogP contribution >= 0.6 is 15.9 Å². The highest BCUT2D eigenvalue weighted by Crippen LogP contribution is 2.21. The van der Waals surface area contributed by atoms with E-state index in [2.05, 4.69) is 36.5 Å². The Kier molecular flexibility index (Phi) is 5.09. The average molecular weight is 397 g/mol. The third-order valence-electron chi connectivity index (χ3n) is 3.55. The maximum absolute atomic E-state index is 12.6. The van der Waals surface area contributed by atoms with Gasteiger partial charge in [-0.3, -0.25) is 4.79 Å². The Morgan fingerprint density at radius 3 is 2.48 bits per heavy atom. The number of anilines is 3. The van der Waals surface area contributed by atoms with E-state index in [1.165, 1.54) is 0 Å². The number of benzene rings is 2. The number of hydrogen-bond acceptors (Lipinski definition) is 4. The van der Waals surface area contributed by atoms with Crippen molar-refractivity contribution in [3.8, 4) is 0 Å². The molecule has 0 aliphatic rings. The first-order valence-corrected chi connectivity index (χ1v) is 8.56. The van der Waals surface area contributed by atoms with Gasteiger partial charge in [0, 0.05) is 21.5 Å². The van der Waals surface area contributed by atoms with Crippen molar-refractivity contribution >= 4 is 39.2 Å². The first kappa shape index (κ1) is 17.1. The van der Waals surface area contributed by atoms with Gasteiger partial charge >= 0.3 is 0 Å². The monoisotopic (exact) mass is 396 g/mol. The minimum Gasteiger partial charge on any atom is -0.324 e. The van der Waals surface area contributed by atoms with Crippen LogP contribution in [-0.4, -0.2) is 15.9 Å². The quantitative estimate of drug-likeness (QED) is 0.661. The SMILES string of the molecule is Cc1cc(C(=O)Nc2ccc(Br)cc2C)nc(Nc2ccccc2)n1. The standard InChI is InChI=1S/C19H17BrN4O/c1-12-10-14(20)8-9-16(12)23-18(25)17-11-13(2)21-19(24-17)22-15-6-4-3-5-7-15/h3-11H,1-2H3,(H,23,25)(H,21,22,24). The van der Waals surface area contributed by atoms with Crippen molar-refractivity contribution in [2.45, 2.75) is 13.8 Å². The fourth-order valence-corrected chi connectivity index (χ4v) is 2.82. The molecule has 1 aromatic heterocycles. The number of carbonyl (C=O) groups is 1. The molecule has 0 spiro atoms. The summed E-state index contributed by atoms with van der Waals surface area (Å²) in [5, 5.41) is 6.01. The second kappa shape index (κ2) is 7.44. The fourth-order valence-electron chi connectivity index (χ4n) is 2.35. The lowest BCUT2D eigenvalue weighted by Crippen LogP contribution is -2.16. The van der Waals surface area contributed by atoms with E-state index in [4.69, 9.17) is 0 Å². The zero-order valence-corrected chi connectivity index (χ0v) is 15.5. The van der Waals surface area contributed by atoms with Gasteiger partial charge in [-0.25, -0.2) is 9.97 Å². The zero-order chi connectivity index (χ0) is 17.8. The molecule has 0 fully saturated rings. The molecule has 25 heavy (non-hydrogen) atoms. The summed E-state index contributed by atoms with van der Waals surface area (Å²) in [4.78, 5) is 21.2. The van der Waals surface area contributed by atoms with E-state index in [9.17, 15) is 4.79 Å². The largest absolute Gasteiger partial charge is 0.324 e. The predicted octanol–water partition coefficient (Wildman–Crippen LogP) is 4.85. The van der Waals surface area contributed by atoms with E-state index in [1.807, 2.05) is 62.4 Å². The number of hydrogen-bond donors (Lipinski definition) is 2. The summed E-state index contributed by atoms with van der Waals surface area (Å²) in [5.74, 6) is 0.121. The van der Waals surface area contributed by atoms with Crippen LogP contribution in [0.25, 0.3) is 0 Å². The molecule has 126 valence electrons. The van der Waals surface area contributed by atoms with Crippen molar-refractivity contribution in [2.75, 3.05) is 10.6 Å². The Labute approximate surface area is 154 Å². The van der Waals surface area contributed by atoms with Crippen LogP contribution in [0, 0.1) is 13.8 Å². The molecule has 0 saturated carbocycles. The number of aromatic nitrogens is 2. The third kappa shape index (κ3) is 4.42. The number of para-hydroxylation sites is 1. The van der Waals surface area contributed by atoms with Gasteiger partial charge in [-0.1, -0.05) is 34.1 Å². The van der Waals surface area contributed by atoms with Crippen LogP contribution in [0.2, 0.25) is 0 Å². The number of nitrogens with one attached hydrogen (secondary N) is 2. The second-order valence-corrected chi connectivity index (χ2v) is 6.54. The van der Waals surface area contributed by atoms with Crippen molar-refractivity contribution in [2.24, 2.45) is 0 Å². The first-order valence-electron chi connectivity index (χ1n) is 7.76. The van der Waals surface area contributed by atoms with Gasteiger partial charge in [0.1, 0.15) is 5.69 Å². The molecule has 0 bridgehead atoms. The number of carbonyl (C=O) groups excluding carboxylic acids is 1. The Bertz CT molecular complexity index is 913. The van der Waals surface area contributed by atoms with Gasteiger partial charge in [0.15, 0.2) is 0 Å². The van der Waals surface area contributed by atoms with Gasteiger partial charge in [-0.2, -0.15) is 0 Å². The van der Waals surface area contributed by atoms with Crippen molar-refractivity contribution in [3.05, 3.63) is 76.0 Å². The van der Waals surface area contributed by atoms with Crippen LogP contribution in [-0.2, 0) is 0 Å². The van der Waals surface area contributed by atoms with E-state index in [0.29, 0.717) is 17.3 Å². The van der Waals surface area contributed by atoms with Crippen LogP contribution in [0.5, 0.6) is 0 Å². The smallest absolute Gasteiger partial charge is 0.274 e. The van der Waals surface area contributed by atoms with Crippen molar-refractivity contribution in [1.82, 2.24) is 9.97 Å². The van der Waals surface area contributed by atoms with Gasteiger partial charge < -0.3 is 10.6 Å². The molecule has 2 aromatic carbocycles. The van der Waals surface area contributed by atoms with Gasteiger partial charge in [0.25, 0.3) is 5.91 Å². The molecule has 5 nitrogen and oxygen atoms in total. The molecule has 1 amide bonds. The Balaban J connectivity index is 1.82. The summed E-state index contributed by atoms with van der Waals surface area (Å²) < 4.78 is 0.968. The molecular weight excluding hydrogens is 380 g/mol. The second-order valence-electron chi connectivity index (χ2n) is 5.62. The number of halogens is 1. The minimum atomic E-state index is -0.271. The lowest BCUT2D eigenvalue weighted by atomic mass is 10.2. The highest BCUT2D eigenvalue weighted by Gasteiger charge is 2.12. The van der Waals surface area contributed by atoms with Gasteiger partial charge in [-0.05, 0) is 55.8 Å². The molecule has 0 aliphatic heterocycles. The Morgan fingerprint density at radius 2 is 1.76 bits per heavy atom. The topological polar surface area (TPSA) is 66.9 Å². The molecule has 0 aliphatic carbocycles. The third-order valence-corrected chi connectivity index (χ3v) is 4.05. The van der Waals surface area contributed by atoms with Gasteiger partial charge in [-0.15, -0.1) is 0 Å². The minimum absolute atomic E-state index is 0.271. The molecule has 0 unspecified atom stereocenters. The van der Waals surface area contributed by atoms with Crippen molar-refractivity contribution in [1.29, 1.82) is 0 Å². The van der Waals surface area contributed by atoms with Crippen LogP contribution in [0.3, 0.4) is 0 Å². The predicted molar refractivity (Wildman–Crippen MR) is 103 cm³/mol. The molecule has 3 aromatic rings. The molecule has 6 heteroatoms. The number of amides is 1. The highest BCUT2D eigenvalue weighted by atomic mass is 79.9. The highest BCUT2D eigenvalue weighted by molar-refractivity contribution is 9.10. The number of aryl methyl sites for hydroxylation is 2.